The molecule has 2 rings (SSSR count). The van der Waals surface area contributed by atoms with Gasteiger partial charge in [0.1, 0.15) is 5.82 Å². The van der Waals surface area contributed by atoms with E-state index in [9.17, 15) is 4.39 Å². The highest BCUT2D eigenvalue weighted by Crippen LogP contribution is 2.27. The molecule has 0 bridgehead atoms. The second kappa shape index (κ2) is 11.2. The molecule has 1 aliphatic rings. The lowest BCUT2D eigenvalue weighted by molar-refractivity contribution is 0.162. The summed E-state index contributed by atoms with van der Waals surface area (Å²) in [7, 11) is 0. The van der Waals surface area contributed by atoms with E-state index in [0.29, 0.717) is 6.04 Å². The lowest BCUT2D eigenvalue weighted by Crippen LogP contribution is -2.45. The average molecular weight is 337 g/mol. The normalized spacial score (nSPS) is 16.7. The number of rotatable bonds is 6. The van der Waals surface area contributed by atoms with E-state index in [1.54, 1.807) is 6.07 Å². The van der Waals surface area contributed by atoms with Crippen LogP contribution in [0, 0.1) is 5.82 Å². The summed E-state index contributed by atoms with van der Waals surface area (Å²) < 4.78 is 13.5. The number of unbranched alkanes of at least 4 members (excludes halogenated alkanes) is 2. The molecular weight excluding hydrogens is 310 g/mol. The summed E-state index contributed by atoms with van der Waals surface area (Å²) in [6, 6.07) is 7.52. The topological polar surface area (TPSA) is 15.3 Å². The van der Waals surface area contributed by atoms with Crippen LogP contribution in [0.4, 0.5) is 4.39 Å². The SMILES string of the molecule is CCCCC[C@@H](c1cccc(F)c1)N1CCNCC1.Cl.Cl. The zero-order valence-corrected chi connectivity index (χ0v) is 14.3. The summed E-state index contributed by atoms with van der Waals surface area (Å²) in [4.78, 5) is 2.50. The van der Waals surface area contributed by atoms with E-state index >= 15 is 0 Å². The first-order chi connectivity index (χ1) is 9.31. The number of halogens is 3. The summed E-state index contributed by atoms with van der Waals surface area (Å²) >= 11 is 0. The Kier molecular flexibility index (Phi) is 11.1. The summed E-state index contributed by atoms with van der Waals surface area (Å²) in [5.74, 6) is -0.117. The van der Waals surface area contributed by atoms with Crippen LogP contribution >= 0.6 is 24.8 Å². The van der Waals surface area contributed by atoms with Crippen molar-refractivity contribution in [2.75, 3.05) is 26.2 Å². The van der Waals surface area contributed by atoms with Gasteiger partial charge in [0.2, 0.25) is 0 Å². The quantitative estimate of drug-likeness (QED) is 0.783. The second-order valence-electron chi connectivity index (χ2n) is 5.35. The molecular formula is C16H27Cl2FN2. The lowest BCUT2D eigenvalue weighted by Gasteiger charge is -2.35. The first-order valence-electron chi connectivity index (χ1n) is 7.51. The molecule has 0 aliphatic carbocycles. The molecule has 2 nitrogen and oxygen atoms in total. The summed E-state index contributed by atoms with van der Waals surface area (Å²) in [6.45, 7) is 6.43. The van der Waals surface area contributed by atoms with E-state index in [2.05, 4.69) is 23.2 Å². The van der Waals surface area contributed by atoms with Crippen LogP contribution in [-0.2, 0) is 0 Å². The maximum atomic E-state index is 13.5. The van der Waals surface area contributed by atoms with Crippen molar-refractivity contribution in [2.24, 2.45) is 0 Å². The van der Waals surface area contributed by atoms with E-state index in [0.717, 1.165) is 38.2 Å². The number of nitrogens with one attached hydrogen (secondary N) is 1. The molecule has 122 valence electrons. The van der Waals surface area contributed by atoms with Crippen LogP contribution in [0.2, 0.25) is 0 Å². The van der Waals surface area contributed by atoms with Crippen molar-refractivity contribution in [3.05, 3.63) is 35.6 Å². The molecule has 1 saturated heterocycles. The maximum Gasteiger partial charge on any atom is 0.123 e. The van der Waals surface area contributed by atoms with Crippen molar-refractivity contribution >= 4 is 24.8 Å². The van der Waals surface area contributed by atoms with Crippen molar-refractivity contribution in [3.63, 3.8) is 0 Å². The Morgan fingerprint density at radius 3 is 2.52 bits per heavy atom. The third kappa shape index (κ3) is 6.52. The zero-order valence-electron chi connectivity index (χ0n) is 12.7. The van der Waals surface area contributed by atoms with Gasteiger partial charge in [-0.25, -0.2) is 4.39 Å². The largest absolute Gasteiger partial charge is 0.314 e. The highest BCUT2D eigenvalue weighted by molar-refractivity contribution is 5.85. The molecule has 0 spiro atoms. The Morgan fingerprint density at radius 2 is 1.90 bits per heavy atom. The molecule has 5 heteroatoms. The van der Waals surface area contributed by atoms with Gasteiger partial charge in [0, 0.05) is 32.2 Å². The monoisotopic (exact) mass is 336 g/mol. The summed E-state index contributed by atoms with van der Waals surface area (Å²) in [5, 5.41) is 3.38. The Hall–Kier alpha value is -0.350. The van der Waals surface area contributed by atoms with E-state index in [4.69, 9.17) is 0 Å². The Balaban J connectivity index is 0.00000200. The predicted molar refractivity (Wildman–Crippen MR) is 92.2 cm³/mol. The molecule has 1 aliphatic heterocycles. The van der Waals surface area contributed by atoms with E-state index < -0.39 is 0 Å². The van der Waals surface area contributed by atoms with Gasteiger partial charge in [-0.3, -0.25) is 4.90 Å². The molecule has 1 N–H and O–H groups in total. The van der Waals surface area contributed by atoms with Gasteiger partial charge < -0.3 is 5.32 Å². The van der Waals surface area contributed by atoms with Gasteiger partial charge in [-0.05, 0) is 24.1 Å². The molecule has 0 saturated carbocycles. The Bertz CT molecular complexity index is 384. The molecule has 1 aromatic carbocycles. The number of benzene rings is 1. The van der Waals surface area contributed by atoms with Crippen LogP contribution in [0.3, 0.4) is 0 Å². The van der Waals surface area contributed by atoms with Gasteiger partial charge in [-0.15, -0.1) is 24.8 Å². The molecule has 0 aromatic heterocycles. The molecule has 1 fully saturated rings. The Labute approximate surface area is 140 Å². The van der Waals surface area contributed by atoms with Crippen molar-refractivity contribution in [1.29, 1.82) is 0 Å². The minimum atomic E-state index is -0.117. The molecule has 0 unspecified atom stereocenters. The fourth-order valence-electron chi connectivity index (χ4n) is 2.86. The van der Waals surface area contributed by atoms with E-state index in [-0.39, 0.29) is 30.6 Å². The zero-order chi connectivity index (χ0) is 13.5. The fraction of sp³-hybridized carbons (Fsp3) is 0.625. The van der Waals surface area contributed by atoms with Crippen molar-refractivity contribution in [1.82, 2.24) is 10.2 Å². The van der Waals surface area contributed by atoms with Gasteiger partial charge in [0.15, 0.2) is 0 Å². The molecule has 1 heterocycles. The molecule has 0 radical (unpaired) electrons. The van der Waals surface area contributed by atoms with Crippen LogP contribution in [0.15, 0.2) is 24.3 Å². The predicted octanol–water partition coefficient (Wildman–Crippen LogP) is 4.20. The van der Waals surface area contributed by atoms with Crippen molar-refractivity contribution < 1.29 is 4.39 Å². The van der Waals surface area contributed by atoms with E-state index in [1.807, 2.05) is 6.07 Å². The van der Waals surface area contributed by atoms with Crippen LogP contribution < -0.4 is 5.32 Å². The lowest BCUT2D eigenvalue weighted by atomic mass is 9.98. The average Bonchev–Trinajstić information content (AvgIpc) is 2.45. The third-order valence-corrected chi connectivity index (χ3v) is 3.91. The van der Waals surface area contributed by atoms with Crippen molar-refractivity contribution in [2.45, 2.75) is 38.6 Å². The van der Waals surface area contributed by atoms with Crippen LogP contribution in [0.5, 0.6) is 0 Å². The number of hydrogen-bond acceptors (Lipinski definition) is 2. The second-order valence-corrected chi connectivity index (χ2v) is 5.35. The fourth-order valence-corrected chi connectivity index (χ4v) is 2.86. The van der Waals surface area contributed by atoms with E-state index in [1.165, 1.54) is 25.3 Å². The van der Waals surface area contributed by atoms with Gasteiger partial charge >= 0.3 is 0 Å². The number of nitrogens with zero attached hydrogens (tertiary/aromatic N) is 1. The minimum Gasteiger partial charge on any atom is -0.314 e. The van der Waals surface area contributed by atoms with Crippen LogP contribution in [0.25, 0.3) is 0 Å². The maximum absolute atomic E-state index is 13.5. The third-order valence-electron chi connectivity index (χ3n) is 3.91. The first-order valence-corrected chi connectivity index (χ1v) is 7.51. The minimum absolute atomic E-state index is 0. The molecule has 21 heavy (non-hydrogen) atoms. The Morgan fingerprint density at radius 1 is 1.19 bits per heavy atom. The molecule has 1 aromatic rings. The molecule has 0 amide bonds. The van der Waals surface area contributed by atoms with Gasteiger partial charge in [-0.1, -0.05) is 38.3 Å². The highest BCUT2D eigenvalue weighted by atomic mass is 35.5. The highest BCUT2D eigenvalue weighted by Gasteiger charge is 2.21. The smallest absolute Gasteiger partial charge is 0.123 e. The first kappa shape index (κ1) is 20.6. The molecule has 1 atom stereocenters. The summed E-state index contributed by atoms with van der Waals surface area (Å²) in [6.07, 6.45) is 4.86. The van der Waals surface area contributed by atoms with Gasteiger partial charge in [0.25, 0.3) is 0 Å². The van der Waals surface area contributed by atoms with Crippen LogP contribution in [-0.4, -0.2) is 31.1 Å². The number of piperazine rings is 1. The van der Waals surface area contributed by atoms with Crippen LogP contribution in [0.1, 0.15) is 44.2 Å². The summed E-state index contributed by atoms with van der Waals surface area (Å²) in [5.41, 5.74) is 1.14. The number of hydrogen-bond donors (Lipinski definition) is 1. The van der Waals surface area contributed by atoms with Gasteiger partial charge in [-0.2, -0.15) is 0 Å². The standard InChI is InChI=1S/C16H25FN2.2ClH/c1-2-3-4-8-16(19-11-9-18-10-12-19)14-6-5-7-15(17)13-14;;/h5-7,13,16,18H,2-4,8-12H2,1H3;2*1H/t16-;;/m0../s1. The van der Waals surface area contributed by atoms with Gasteiger partial charge in [0.05, 0.1) is 0 Å². The van der Waals surface area contributed by atoms with Crippen molar-refractivity contribution in [3.8, 4) is 0 Å².